The lowest BCUT2D eigenvalue weighted by Crippen LogP contribution is -2.48. The van der Waals surface area contributed by atoms with Gasteiger partial charge in [-0.1, -0.05) is 6.92 Å². The third-order valence-electron chi connectivity index (χ3n) is 3.77. The number of nitrogens with one attached hydrogen (secondary N) is 2. The minimum Gasteiger partial charge on any atom is -0.354 e. The topological polar surface area (TPSA) is 47.6 Å². The molecule has 0 atom stereocenters. The Morgan fingerprint density at radius 1 is 1.39 bits per heavy atom. The summed E-state index contributed by atoms with van der Waals surface area (Å²) < 4.78 is 0. The fourth-order valence-corrected chi connectivity index (χ4v) is 2.51. The maximum Gasteiger partial charge on any atom is 0.234 e. The van der Waals surface area contributed by atoms with Crippen molar-refractivity contribution in [3.8, 4) is 0 Å². The SMILES string of the molecule is CCN(CCNC(=O)CN1CCNCC1)C1CC1. The van der Waals surface area contributed by atoms with Gasteiger partial charge in [-0.05, 0) is 19.4 Å². The van der Waals surface area contributed by atoms with Gasteiger partial charge in [0, 0.05) is 45.3 Å². The van der Waals surface area contributed by atoms with Crippen LogP contribution in [-0.4, -0.2) is 74.1 Å². The Balaban J connectivity index is 1.56. The van der Waals surface area contributed by atoms with Gasteiger partial charge in [-0.25, -0.2) is 0 Å². The first kappa shape index (κ1) is 13.8. The Labute approximate surface area is 110 Å². The highest BCUT2D eigenvalue weighted by molar-refractivity contribution is 5.78. The van der Waals surface area contributed by atoms with E-state index in [0.29, 0.717) is 6.54 Å². The van der Waals surface area contributed by atoms with Gasteiger partial charge >= 0.3 is 0 Å². The number of hydrogen-bond donors (Lipinski definition) is 2. The van der Waals surface area contributed by atoms with Crippen LogP contribution in [0.5, 0.6) is 0 Å². The van der Waals surface area contributed by atoms with E-state index in [1.54, 1.807) is 0 Å². The smallest absolute Gasteiger partial charge is 0.234 e. The molecular weight excluding hydrogens is 228 g/mol. The monoisotopic (exact) mass is 254 g/mol. The van der Waals surface area contributed by atoms with Crippen molar-refractivity contribution in [3.63, 3.8) is 0 Å². The molecule has 18 heavy (non-hydrogen) atoms. The zero-order valence-electron chi connectivity index (χ0n) is 11.5. The summed E-state index contributed by atoms with van der Waals surface area (Å²) in [5, 5.41) is 6.33. The van der Waals surface area contributed by atoms with Crippen LogP contribution in [0.2, 0.25) is 0 Å². The number of amides is 1. The molecule has 0 unspecified atom stereocenters. The second-order valence-corrected chi connectivity index (χ2v) is 5.24. The van der Waals surface area contributed by atoms with Crippen molar-refractivity contribution >= 4 is 5.91 Å². The van der Waals surface area contributed by atoms with E-state index in [4.69, 9.17) is 0 Å². The van der Waals surface area contributed by atoms with E-state index in [2.05, 4.69) is 27.4 Å². The molecule has 104 valence electrons. The molecule has 2 fully saturated rings. The summed E-state index contributed by atoms with van der Waals surface area (Å²) in [6.45, 7) is 9.59. The van der Waals surface area contributed by atoms with Crippen LogP contribution in [-0.2, 0) is 4.79 Å². The van der Waals surface area contributed by atoms with Crippen LogP contribution in [0.15, 0.2) is 0 Å². The van der Waals surface area contributed by atoms with Gasteiger partial charge < -0.3 is 10.6 Å². The lowest BCUT2D eigenvalue weighted by atomic mass is 10.3. The molecule has 1 saturated carbocycles. The van der Waals surface area contributed by atoms with Crippen molar-refractivity contribution in [2.75, 3.05) is 52.4 Å². The Kier molecular flexibility index (Phi) is 5.41. The average molecular weight is 254 g/mol. The molecule has 1 aliphatic carbocycles. The second-order valence-electron chi connectivity index (χ2n) is 5.24. The Bertz CT molecular complexity index is 262. The first-order chi connectivity index (χ1) is 8.79. The first-order valence-electron chi connectivity index (χ1n) is 7.23. The maximum atomic E-state index is 11.8. The quantitative estimate of drug-likeness (QED) is 0.642. The average Bonchev–Trinajstić information content (AvgIpc) is 3.20. The van der Waals surface area contributed by atoms with Crippen LogP contribution in [0.3, 0.4) is 0 Å². The summed E-state index contributed by atoms with van der Waals surface area (Å²) >= 11 is 0. The van der Waals surface area contributed by atoms with Crippen LogP contribution in [0.1, 0.15) is 19.8 Å². The fraction of sp³-hybridized carbons (Fsp3) is 0.923. The molecule has 1 heterocycles. The van der Waals surface area contributed by atoms with E-state index in [1.807, 2.05) is 0 Å². The van der Waals surface area contributed by atoms with Gasteiger partial charge in [0.05, 0.1) is 6.54 Å². The number of piperazine rings is 1. The lowest BCUT2D eigenvalue weighted by Gasteiger charge is -2.26. The van der Waals surface area contributed by atoms with Crippen LogP contribution >= 0.6 is 0 Å². The number of nitrogens with zero attached hydrogens (tertiary/aromatic N) is 2. The summed E-state index contributed by atoms with van der Waals surface area (Å²) in [6, 6.07) is 0.792. The summed E-state index contributed by atoms with van der Waals surface area (Å²) in [5.41, 5.74) is 0. The second kappa shape index (κ2) is 7.07. The molecule has 2 N–H and O–H groups in total. The van der Waals surface area contributed by atoms with E-state index in [9.17, 15) is 4.79 Å². The van der Waals surface area contributed by atoms with Gasteiger partial charge in [0.15, 0.2) is 0 Å². The number of hydrogen-bond acceptors (Lipinski definition) is 4. The number of carbonyl (C=O) groups is 1. The van der Waals surface area contributed by atoms with Gasteiger partial charge in [-0.2, -0.15) is 0 Å². The van der Waals surface area contributed by atoms with Crippen LogP contribution in [0.25, 0.3) is 0 Å². The summed E-state index contributed by atoms with van der Waals surface area (Å²) in [6.07, 6.45) is 2.67. The molecule has 0 spiro atoms. The predicted molar refractivity (Wildman–Crippen MR) is 72.6 cm³/mol. The third-order valence-corrected chi connectivity index (χ3v) is 3.77. The van der Waals surface area contributed by atoms with Gasteiger partial charge in [0.2, 0.25) is 5.91 Å². The van der Waals surface area contributed by atoms with Crippen molar-refractivity contribution < 1.29 is 4.79 Å². The molecule has 1 amide bonds. The molecule has 2 aliphatic rings. The maximum absolute atomic E-state index is 11.8. The summed E-state index contributed by atoms with van der Waals surface area (Å²) in [4.78, 5) is 16.5. The van der Waals surface area contributed by atoms with Crippen molar-refractivity contribution in [3.05, 3.63) is 0 Å². The van der Waals surface area contributed by atoms with E-state index < -0.39 is 0 Å². The van der Waals surface area contributed by atoms with E-state index in [1.165, 1.54) is 12.8 Å². The van der Waals surface area contributed by atoms with Crippen molar-refractivity contribution in [1.29, 1.82) is 0 Å². The third kappa shape index (κ3) is 4.55. The number of carbonyl (C=O) groups excluding carboxylic acids is 1. The molecule has 0 aromatic carbocycles. The Morgan fingerprint density at radius 3 is 2.72 bits per heavy atom. The van der Waals surface area contributed by atoms with Gasteiger partial charge in [0.1, 0.15) is 0 Å². The minimum absolute atomic E-state index is 0.170. The molecule has 0 bridgehead atoms. The standard InChI is InChI=1S/C13H26N4O/c1-2-17(12-3-4-12)10-7-15-13(18)11-16-8-5-14-6-9-16/h12,14H,2-11H2,1H3,(H,15,18). The van der Waals surface area contributed by atoms with E-state index in [-0.39, 0.29) is 5.91 Å². The Morgan fingerprint density at radius 2 is 2.11 bits per heavy atom. The zero-order valence-corrected chi connectivity index (χ0v) is 11.5. The molecule has 5 nitrogen and oxygen atoms in total. The fourth-order valence-electron chi connectivity index (χ4n) is 2.51. The van der Waals surface area contributed by atoms with Crippen molar-refractivity contribution in [2.24, 2.45) is 0 Å². The predicted octanol–water partition coefficient (Wildman–Crippen LogP) is -0.508. The largest absolute Gasteiger partial charge is 0.354 e. The highest BCUT2D eigenvalue weighted by atomic mass is 16.2. The van der Waals surface area contributed by atoms with Crippen LogP contribution in [0, 0.1) is 0 Å². The van der Waals surface area contributed by atoms with Gasteiger partial charge in [-0.15, -0.1) is 0 Å². The molecule has 0 aromatic heterocycles. The highest BCUT2D eigenvalue weighted by Crippen LogP contribution is 2.25. The molecular formula is C13H26N4O. The summed E-state index contributed by atoms with van der Waals surface area (Å²) in [7, 11) is 0. The summed E-state index contributed by atoms with van der Waals surface area (Å²) in [5.74, 6) is 0.170. The van der Waals surface area contributed by atoms with Crippen LogP contribution in [0.4, 0.5) is 0 Å². The van der Waals surface area contributed by atoms with E-state index in [0.717, 1.165) is 51.9 Å². The number of rotatable bonds is 7. The lowest BCUT2D eigenvalue weighted by molar-refractivity contribution is -0.122. The minimum atomic E-state index is 0.170. The normalized spacial score (nSPS) is 21.2. The molecule has 5 heteroatoms. The van der Waals surface area contributed by atoms with Gasteiger partial charge in [0.25, 0.3) is 0 Å². The van der Waals surface area contributed by atoms with Gasteiger partial charge in [-0.3, -0.25) is 14.6 Å². The molecule has 0 radical (unpaired) electrons. The highest BCUT2D eigenvalue weighted by Gasteiger charge is 2.27. The molecule has 2 rings (SSSR count). The number of likely N-dealkylation sites (N-methyl/N-ethyl adjacent to an activating group) is 1. The Hall–Kier alpha value is -0.650. The first-order valence-corrected chi connectivity index (χ1v) is 7.23. The molecule has 1 saturated heterocycles. The molecule has 0 aromatic rings. The van der Waals surface area contributed by atoms with Crippen LogP contribution < -0.4 is 10.6 Å². The van der Waals surface area contributed by atoms with E-state index >= 15 is 0 Å². The molecule has 1 aliphatic heterocycles. The van der Waals surface area contributed by atoms with Crippen molar-refractivity contribution in [2.45, 2.75) is 25.8 Å². The zero-order chi connectivity index (χ0) is 12.8. The van der Waals surface area contributed by atoms with Crippen molar-refractivity contribution in [1.82, 2.24) is 20.4 Å².